The van der Waals surface area contributed by atoms with Crippen molar-refractivity contribution in [3.8, 4) is 0 Å². The first kappa shape index (κ1) is 27.3. The molecule has 0 saturated carbocycles. The molecule has 0 spiro atoms. The molecule has 0 atom stereocenters. The van der Waals surface area contributed by atoms with Crippen molar-refractivity contribution in [1.29, 1.82) is 0 Å². The van der Waals surface area contributed by atoms with Gasteiger partial charge in [-0.1, -0.05) is 27.7 Å². The summed E-state index contributed by atoms with van der Waals surface area (Å²) in [6, 6.07) is 0. The maximum atomic E-state index is 12.2. The van der Waals surface area contributed by atoms with E-state index in [1.165, 1.54) is 0 Å². The Kier molecular flexibility index (Phi) is 17.9. The van der Waals surface area contributed by atoms with Crippen LogP contribution in [0.2, 0.25) is 0 Å². The van der Waals surface area contributed by atoms with Crippen LogP contribution in [0.25, 0.3) is 0 Å². The van der Waals surface area contributed by atoms with Crippen LogP contribution in [0.1, 0.15) is 60.8 Å². The summed E-state index contributed by atoms with van der Waals surface area (Å²) in [6.07, 6.45) is 2.96. The second-order valence-corrected chi connectivity index (χ2v) is 7.47. The van der Waals surface area contributed by atoms with Crippen molar-refractivity contribution in [3.05, 3.63) is 0 Å². The first-order valence-corrected chi connectivity index (χ1v) is 11.1. The summed E-state index contributed by atoms with van der Waals surface area (Å²) in [7, 11) is 0. The highest BCUT2D eigenvalue weighted by Gasteiger charge is 2.24. The first-order valence-electron chi connectivity index (χ1n) is 11.1. The monoisotopic (exact) mass is 403 g/mol. The van der Waals surface area contributed by atoms with Crippen molar-refractivity contribution < 1.29 is 23.7 Å². The van der Waals surface area contributed by atoms with Gasteiger partial charge in [0.2, 0.25) is 5.91 Å². The molecule has 0 N–H and O–H groups in total. The smallest absolute Gasteiger partial charge is 0.224 e. The summed E-state index contributed by atoms with van der Waals surface area (Å²) in [4.78, 5) is 14.2. The van der Waals surface area contributed by atoms with Crippen LogP contribution in [0.5, 0.6) is 0 Å². The van der Waals surface area contributed by atoms with E-state index in [9.17, 15) is 4.79 Å². The second kappa shape index (κ2) is 18.3. The Morgan fingerprint density at radius 2 is 1.29 bits per heavy atom. The van der Waals surface area contributed by atoms with Crippen molar-refractivity contribution in [2.75, 3.05) is 59.3 Å². The molecule has 1 fully saturated rings. The van der Waals surface area contributed by atoms with Crippen LogP contribution in [0, 0.1) is 11.8 Å². The number of piperidine rings is 1. The van der Waals surface area contributed by atoms with E-state index in [1.807, 2.05) is 32.6 Å². The predicted octanol–water partition coefficient (Wildman–Crippen LogP) is 3.77. The largest absolute Gasteiger partial charge is 0.379 e. The summed E-state index contributed by atoms with van der Waals surface area (Å²) in [5.41, 5.74) is 0. The molecular weight excluding hydrogens is 358 g/mol. The minimum absolute atomic E-state index is 0.213. The predicted molar refractivity (Wildman–Crippen MR) is 114 cm³/mol. The van der Waals surface area contributed by atoms with E-state index >= 15 is 0 Å². The topological polar surface area (TPSA) is 57.2 Å². The van der Waals surface area contributed by atoms with Gasteiger partial charge in [-0.05, 0) is 38.5 Å². The van der Waals surface area contributed by atoms with Crippen LogP contribution in [-0.2, 0) is 23.7 Å². The molecule has 1 heterocycles. The van der Waals surface area contributed by atoms with Gasteiger partial charge in [0, 0.05) is 13.1 Å². The third-order valence-corrected chi connectivity index (χ3v) is 4.72. The number of amides is 1. The number of nitrogens with zero attached hydrogens (tertiary/aromatic N) is 1. The van der Waals surface area contributed by atoms with Gasteiger partial charge in [0.25, 0.3) is 0 Å². The summed E-state index contributed by atoms with van der Waals surface area (Å²) >= 11 is 0. The standard InChI is InChI=1S/C20H39NO5.C2H6/c1-17(2)19-5-8-21(9-6-19)20(22)7-10-23-11-12-24-13-14-25-15-16-26-18(3)4;1-2/h17-19H,5-16H2,1-4H3;1-2H3. The number of rotatable bonds is 14. The van der Waals surface area contributed by atoms with E-state index in [0.29, 0.717) is 58.6 Å². The molecular formula is C22H45NO5. The molecule has 0 aromatic rings. The van der Waals surface area contributed by atoms with E-state index in [2.05, 4.69) is 13.8 Å². The first-order chi connectivity index (χ1) is 13.5. The molecule has 0 aliphatic carbocycles. The van der Waals surface area contributed by atoms with Crippen molar-refractivity contribution in [2.24, 2.45) is 11.8 Å². The van der Waals surface area contributed by atoms with Gasteiger partial charge in [0.05, 0.1) is 58.8 Å². The lowest BCUT2D eigenvalue weighted by molar-refractivity contribution is -0.134. The Balaban J connectivity index is 0.00000352. The highest BCUT2D eigenvalue weighted by molar-refractivity contribution is 5.76. The average molecular weight is 404 g/mol. The minimum atomic E-state index is 0.213. The van der Waals surface area contributed by atoms with Gasteiger partial charge < -0.3 is 23.8 Å². The summed E-state index contributed by atoms with van der Waals surface area (Å²) in [5, 5.41) is 0. The van der Waals surface area contributed by atoms with Gasteiger partial charge in [-0.15, -0.1) is 0 Å². The Bertz CT molecular complexity index is 355. The summed E-state index contributed by atoms with van der Waals surface area (Å²) in [5.74, 6) is 1.69. The van der Waals surface area contributed by atoms with Gasteiger partial charge in [0.1, 0.15) is 0 Å². The Morgan fingerprint density at radius 1 is 0.821 bits per heavy atom. The molecule has 0 aromatic carbocycles. The molecule has 0 radical (unpaired) electrons. The Hall–Kier alpha value is -0.690. The van der Waals surface area contributed by atoms with Crippen LogP contribution < -0.4 is 0 Å². The zero-order valence-electron chi connectivity index (χ0n) is 19.2. The van der Waals surface area contributed by atoms with Crippen LogP contribution in [-0.4, -0.2) is 76.2 Å². The number of carbonyl (C=O) groups excluding carboxylic acids is 1. The van der Waals surface area contributed by atoms with Gasteiger partial charge >= 0.3 is 0 Å². The van der Waals surface area contributed by atoms with Gasteiger partial charge in [-0.2, -0.15) is 0 Å². The van der Waals surface area contributed by atoms with E-state index in [0.717, 1.165) is 31.8 Å². The lowest BCUT2D eigenvalue weighted by Crippen LogP contribution is -2.39. The van der Waals surface area contributed by atoms with E-state index in [-0.39, 0.29) is 12.0 Å². The lowest BCUT2D eigenvalue weighted by atomic mass is 9.86. The van der Waals surface area contributed by atoms with Gasteiger partial charge in [0.15, 0.2) is 0 Å². The van der Waals surface area contributed by atoms with E-state index < -0.39 is 0 Å². The quantitative estimate of drug-likeness (QED) is 0.413. The van der Waals surface area contributed by atoms with Crippen LogP contribution in [0.3, 0.4) is 0 Å². The molecule has 0 bridgehead atoms. The molecule has 6 nitrogen and oxygen atoms in total. The van der Waals surface area contributed by atoms with Crippen molar-refractivity contribution in [3.63, 3.8) is 0 Å². The summed E-state index contributed by atoms with van der Waals surface area (Å²) < 4.78 is 21.7. The average Bonchev–Trinajstić information content (AvgIpc) is 2.70. The maximum Gasteiger partial charge on any atom is 0.224 e. The maximum absolute atomic E-state index is 12.2. The fourth-order valence-electron chi connectivity index (χ4n) is 3.02. The number of ether oxygens (including phenoxy) is 4. The molecule has 0 aromatic heterocycles. The zero-order chi connectivity index (χ0) is 21.2. The molecule has 1 aliphatic heterocycles. The molecule has 1 rings (SSSR count). The van der Waals surface area contributed by atoms with E-state index in [4.69, 9.17) is 18.9 Å². The third-order valence-electron chi connectivity index (χ3n) is 4.72. The second-order valence-electron chi connectivity index (χ2n) is 7.47. The van der Waals surface area contributed by atoms with Crippen molar-refractivity contribution in [1.82, 2.24) is 4.90 Å². The van der Waals surface area contributed by atoms with Crippen LogP contribution >= 0.6 is 0 Å². The zero-order valence-corrected chi connectivity index (χ0v) is 19.2. The number of hydrogen-bond acceptors (Lipinski definition) is 5. The van der Waals surface area contributed by atoms with Crippen molar-refractivity contribution >= 4 is 5.91 Å². The fraction of sp³-hybridized carbons (Fsp3) is 0.955. The Morgan fingerprint density at radius 3 is 1.75 bits per heavy atom. The number of likely N-dealkylation sites (tertiary alicyclic amines) is 1. The Labute approximate surface area is 173 Å². The molecule has 1 aliphatic rings. The molecule has 0 unspecified atom stereocenters. The molecule has 6 heteroatoms. The highest BCUT2D eigenvalue weighted by Crippen LogP contribution is 2.24. The number of hydrogen-bond donors (Lipinski definition) is 0. The SMILES string of the molecule is CC.CC(C)OCCOCCOCCOCCC(=O)N1CCC(C(C)C)CC1. The normalized spacial score (nSPS) is 15.1. The molecule has 1 saturated heterocycles. The molecule has 1 amide bonds. The number of carbonyl (C=O) groups is 1. The lowest BCUT2D eigenvalue weighted by Gasteiger charge is -2.34. The third kappa shape index (κ3) is 14.3. The summed E-state index contributed by atoms with van der Waals surface area (Å²) in [6.45, 7) is 18.2. The van der Waals surface area contributed by atoms with Crippen LogP contribution in [0.15, 0.2) is 0 Å². The fourth-order valence-corrected chi connectivity index (χ4v) is 3.02. The van der Waals surface area contributed by atoms with Gasteiger partial charge in [-0.25, -0.2) is 0 Å². The highest BCUT2D eigenvalue weighted by atomic mass is 16.6. The molecule has 28 heavy (non-hydrogen) atoms. The van der Waals surface area contributed by atoms with E-state index in [1.54, 1.807) is 0 Å². The molecule has 168 valence electrons. The van der Waals surface area contributed by atoms with Crippen molar-refractivity contribution in [2.45, 2.75) is 66.9 Å². The van der Waals surface area contributed by atoms with Gasteiger partial charge in [-0.3, -0.25) is 4.79 Å². The minimum Gasteiger partial charge on any atom is -0.379 e. The van der Waals surface area contributed by atoms with Crippen LogP contribution in [0.4, 0.5) is 0 Å².